The molecule has 0 radical (unpaired) electrons. The van der Waals surface area contributed by atoms with Crippen LogP contribution in [-0.4, -0.2) is 17.5 Å². The van der Waals surface area contributed by atoms with Crippen LogP contribution in [0.25, 0.3) is 0 Å². The van der Waals surface area contributed by atoms with Crippen molar-refractivity contribution >= 4 is 46.4 Å². The van der Waals surface area contributed by atoms with E-state index in [2.05, 4.69) is 15.8 Å². The van der Waals surface area contributed by atoms with E-state index in [0.29, 0.717) is 27.7 Å². The SMILES string of the molecule is C/C(=N/NC(=O)c1ccc(C)o1)c1ccc(NC(=O)c2ccc(Cl)cc2Cl)cc1. The summed E-state index contributed by atoms with van der Waals surface area (Å²) in [5.74, 6) is 0.0679. The van der Waals surface area contributed by atoms with Crippen molar-refractivity contribution in [3.05, 3.63) is 87.3 Å². The second-order valence-electron chi connectivity index (χ2n) is 6.20. The van der Waals surface area contributed by atoms with E-state index in [-0.39, 0.29) is 16.7 Å². The van der Waals surface area contributed by atoms with Crippen LogP contribution in [0.15, 0.2) is 64.1 Å². The van der Waals surface area contributed by atoms with Gasteiger partial charge >= 0.3 is 5.91 Å². The summed E-state index contributed by atoms with van der Waals surface area (Å²) in [5, 5.41) is 7.58. The summed E-state index contributed by atoms with van der Waals surface area (Å²) in [5.41, 5.74) is 4.75. The molecule has 1 aromatic heterocycles. The first-order chi connectivity index (χ1) is 13.8. The Bertz CT molecular complexity index is 1090. The molecule has 0 aliphatic carbocycles. The van der Waals surface area contributed by atoms with Crippen LogP contribution < -0.4 is 10.7 Å². The first kappa shape index (κ1) is 20.6. The first-order valence-corrected chi connectivity index (χ1v) is 9.37. The predicted octanol–water partition coefficient (Wildman–Crippen LogP) is 5.30. The normalized spacial score (nSPS) is 11.2. The van der Waals surface area contributed by atoms with Gasteiger partial charge in [0.25, 0.3) is 5.91 Å². The number of aryl methyl sites for hydroxylation is 1. The van der Waals surface area contributed by atoms with Gasteiger partial charge in [0.05, 0.1) is 16.3 Å². The lowest BCUT2D eigenvalue weighted by Gasteiger charge is -2.08. The minimum Gasteiger partial charge on any atom is -0.456 e. The third-order valence-electron chi connectivity index (χ3n) is 4.03. The third-order valence-corrected chi connectivity index (χ3v) is 4.57. The number of hydrazone groups is 1. The largest absolute Gasteiger partial charge is 0.456 e. The summed E-state index contributed by atoms with van der Waals surface area (Å²) >= 11 is 11.9. The smallest absolute Gasteiger partial charge is 0.307 e. The summed E-state index contributed by atoms with van der Waals surface area (Å²) in [6.07, 6.45) is 0. The lowest BCUT2D eigenvalue weighted by Crippen LogP contribution is -2.18. The molecule has 3 rings (SSSR count). The highest BCUT2D eigenvalue weighted by molar-refractivity contribution is 6.37. The molecule has 148 valence electrons. The Hall–Kier alpha value is -3.09. The fraction of sp³-hybridized carbons (Fsp3) is 0.0952. The topological polar surface area (TPSA) is 83.7 Å². The van der Waals surface area contributed by atoms with Crippen molar-refractivity contribution in [1.82, 2.24) is 5.43 Å². The van der Waals surface area contributed by atoms with Crippen LogP contribution in [0.5, 0.6) is 0 Å². The van der Waals surface area contributed by atoms with E-state index in [1.807, 2.05) is 0 Å². The number of carbonyl (C=O) groups excluding carboxylic acids is 2. The summed E-state index contributed by atoms with van der Waals surface area (Å²) in [6.45, 7) is 3.52. The minimum atomic E-state index is -0.429. The molecule has 6 nitrogen and oxygen atoms in total. The molecule has 2 N–H and O–H groups in total. The van der Waals surface area contributed by atoms with Crippen molar-refractivity contribution in [2.75, 3.05) is 5.32 Å². The molecular weight excluding hydrogens is 413 g/mol. The van der Waals surface area contributed by atoms with Crippen molar-refractivity contribution in [3.8, 4) is 0 Å². The number of furan rings is 1. The molecule has 0 saturated carbocycles. The van der Waals surface area contributed by atoms with Crippen LogP contribution in [0.4, 0.5) is 5.69 Å². The number of halogens is 2. The molecule has 0 atom stereocenters. The molecule has 0 spiro atoms. The number of nitrogens with one attached hydrogen (secondary N) is 2. The van der Waals surface area contributed by atoms with Gasteiger partial charge in [0, 0.05) is 10.7 Å². The fourth-order valence-corrected chi connectivity index (χ4v) is 2.97. The summed E-state index contributed by atoms with van der Waals surface area (Å²) in [7, 11) is 0. The van der Waals surface area contributed by atoms with E-state index < -0.39 is 5.91 Å². The lowest BCUT2D eigenvalue weighted by atomic mass is 10.1. The summed E-state index contributed by atoms with van der Waals surface area (Å²) in [6, 6.07) is 15.0. The van der Waals surface area contributed by atoms with Gasteiger partial charge in [-0.25, -0.2) is 5.43 Å². The van der Waals surface area contributed by atoms with Gasteiger partial charge in [-0.1, -0.05) is 35.3 Å². The molecule has 2 amide bonds. The van der Waals surface area contributed by atoms with Crippen molar-refractivity contribution in [1.29, 1.82) is 0 Å². The van der Waals surface area contributed by atoms with Crippen LogP contribution >= 0.6 is 23.2 Å². The molecule has 29 heavy (non-hydrogen) atoms. The quantitative estimate of drug-likeness (QED) is 0.426. The van der Waals surface area contributed by atoms with Crippen molar-refractivity contribution in [3.63, 3.8) is 0 Å². The van der Waals surface area contributed by atoms with E-state index in [0.717, 1.165) is 5.56 Å². The minimum absolute atomic E-state index is 0.193. The van der Waals surface area contributed by atoms with E-state index in [4.69, 9.17) is 27.6 Å². The standard InChI is InChI=1S/C21H17Cl2N3O3/c1-12-3-10-19(29-12)21(28)26-25-13(2)14-4-7-16(8-5-14)24-20(27)17-9-6-15(22)11-18(17)23/h3-11H,1-2H3,(H,24,27)(H,26,28)/b25-13-. The maximum Gasteiger partial charge on any atom is 0.307 e. The molecule has 8 heteroatoms. The molecule has 0 aliphatic rings. The molecule has 2 aromatic carbocycles. The number of anilines is 1. The maximum absolute atomic E-state index is 12.4. The Balaban J connectivity index is 1.64. The summed E-state index contributed by atoms with van der Waals surface area (Å²) in [4.78, 5) is 24.3. The van der Waals surface area contributed by atoms with Crippen molar-refractivity contribution in [2.24, 2.45) is 5.10 Å². The van der Waals surface area contributed by atoms with Crippen LogP contribution in [-0.2, 0) is 0 Å². The van der Waals surface area contributed by atoms with E-state index in [9.17, 15) is 9.59 Å². The van der Waals surface area contributed by atoms with Gasteiger partial charge < -0.3 is 9.73 Å². The molecule has 0 unspecified atom stereocenters. The number of carbonyl (C=O) groups is 2. The van der Waals surface area contributed by atoms with Crippen LogP contribution in [0, 0.1) is 6.92 Å². The number of amides is 2. The average Bonchev–Trinajstić information content (AvgIpc) is 3.12. The van der Waals surface area contributed by atoms with Crippen LogP contribution in [0.2, 0.25) is 10.0 Å². The zero-order valence-corrected chi connectivity index (χ0v) is 17.1. The number of hydrogen-bond donors (Lipinski definition) is 2. The maximum atomic E-state index is 12.4. The highest BCUT2D eigenvalue weighted by Gasteiger charge is 2.12. The number of rotatable bonds is 5. The van der Waals surface area contributed by atoms with Crippen molar-refractivity contribution < 1.29 is 14.0 Å². The molecular formula is C21H17Cl2N3O3. The van der Waals surface area contributed by atoms with E-state index >= 15 is 0 Å². The molecule has 0 fully saturated rings. The lowest BCUT2D eigenvalue weighted by molar-refractivity contribution is 0.0925. The Morgan fingerprint density at radius 1 is 0.966 bits per heavy atom. The van der Waals surface area contributed by atoms with Crippen LogP contribution in [0.1, 0.15) is 39.2 Å². The van der Waals surface area contributed by atoms with Gasteiger partial charge in [-0.2, -0.15) is 5.10 Å². The van der Waals surface area contributed by atoms with Gasteiger partial charge in [0.2, 0.25) is 0 Å². The zero-order chi connectivity index (χ0) is 21.0. The van der Waals surface area contributed by atoms with E-state index in [1.54, 1.807) is 62.4 Å². The van der Waals surface area contributed by atoms with Gasteiger partial charge in [0.15, 0.2) is 5.76 Å². The molecule has 0 aliphatic heterocycles. The molecule has 3 aromatic rings. The predicted molar refractivity (Wildman–Crippen MR) is 114 cm³/mol. The van der Waals surface area contributed by atoms with Gasteiger partial charge in [-0.3, -0.25) is 9.59 Å². The number of hydrogen-bond acceptors (Lipinski definition) is 4. The fourth-order valence-electron chi connectivity index (χ4n) is 2.48. The highest BCUT2D eigenvalue weighted by atomic mass is 35.5. The second kappa shape index (κ2) is 8.94. The Morgan fingerprint density at radius 3 is 2.31 bits per heavy atom. The molecule has 0 bridgehead atoms. The van der Waals surface area contributed by atoms with E-state index in [1.165, 1.54) is 6.07 Å². The van der Waals surface area contributed by atoms with Gasteiger partial charge in [-0.05, 0) is 61.9 Å². The molecule has 1 heterocycles. The second-order valence-corrected chi connectivity index (χ2v) is 7.05. The Labute approximate surface area is 177 Å². The van der Waals surface area contributed by atoms with Gasteiger partial charge in [0.1, 0.15) is 5.76 Å². The third kappa shape index (κ3) is 5.25. The molecule has 0 saturated heterocycles. The van der Waals surface area contributed by atoms with Crippen molar-refractivity contribution in [2.45, 2.75) is 13.8 Å². The first-order valence-electron chi connectivity index (χ1n) is 8.61. The number of benzene rings is 2. The Kier molecular flexibility index (Phi) is 6.36. The van der Waals surface area contributed by atoms with Gasteiger partial charge in [-0.15, -0.1) is 0 Å². The zero-order valence-electron chi connectivity index (χ0n) is 15.6. The van der Waals surface area contributed by atoms with Crippen LogP contribution in [0.3, 0.4) is 0 Å². The highest BCUT2D eigenvalue weighted by Crippen LogP contribution is 2.22. The number of nitrogens with zero attached hydrogens (tertiary/aromatic N) is 1. The monoisotopic (exact) mass is 429 g/mol. The Morgan fingerprint density at radius 2 is 1.69 bits per heavy atom. The summed E-state index contributed by atoms with van der Waals surface area (Å²) < 4.78 is 5.25. The average molecular weight is 430 g/mol.